The fourth-order valence-electron chi connectivity index (χ4n) is 2.74. The number of aromatic nitrogens is 1. The van der Waals surface area contributed by atoms with Crippen molar-refractivity contribution < 1.29 is 9.59 Å². The van der Waals surface area contributed by atoms with Gasteiger partial charge in [0.25, 0.3) is 11.8 Å². The van der Waals surface area contributed by atoms with Crippen molar-refractivity contribution in [3.63, 3.8) is 0 Å². The zero-order valence-corrected chi connectivity index (χ0v) is 13.6. The molecule has 23 heavy (non-hydrogen) atoms. The molecule has 6 heteroatoms. The van der Waals surface area contributed by atoms with E-state index in [-0.39, 0.29) is 11.8 Å². The van der Waals surface area contributed by atoms with E-state index in [9.17, 15) is 9.59 Å². The van der Waals surface area contributed by atoms with E-state index < -0.39 is 0 Å². The van der Waals surface area contributed by atoms with Gasteiger partial charge >= 0.3 is 0 Å². The predicted octanol–water partition coefficient (Wildman–Crippen LogP) is 2.43. The predicted molar refractivity (Wildman–Crippen MR) is 89.5 cm³/mol. The normalized spacial score (nSPS) is 15.4. The van der Waals surface area contributed by atoms with Crippen molar-refractivity contribution in [2.75, 3.05) is 19.6 Å². The molecule has 5 nitrogen and oxygen atoms in total. The van der Waals surface area contributed by atoms with Gasteiger partial charge in [-0.2, -0.15) is 11.3 Å². The molecule has 0 aromatic carbocycles. The highest BCUT2D eigenvalue weighted by atomic mass is 32.1. The number of rotatable bonds is 4. The highest BCUT2D eigenvalue weighted by Crippen LogP contribution is 2.18. The molecule has 0 aliphatic carbocycles. The molecule has 1 aliphatic heterocycles. The summed E-state index contributed by atoms with van der Waals surface area (Å²) in [5.74, 6) is 0.453. The molecule has 3 rings (SSSR count). The lowest BCUT2D eigenvalue weighted by molar-refractivity contribution is 0.0684. The van der Waals surface area contributed by atoms with Gasteiger partial charge in [-0.3, -0.25) is 14.6 Å². The summed E-state index contributed by atoms with van der Waals surface area (Å²) in [6, 6.07) is 5.40. The largest absolute Gasteiger partial charge is 0.352 e. The van der Waals surface area contributed by atoms with Crippen LogP contribution in [0.4, 0.5) is 0 Å². The lowest BCUT2D eigenvalue weighted by Gasteiger charge is -2.32. The maximum atomic E-state index is 12.3. The third-order valence-corrected chi connectivity index (χ3v) is 4.83. The fraction of sp³-hybridized carbons (Fsp3) is 0.353. The van der Waals surface area contributed by atoms with Crippen LogP contribution in [0, 0.1) is 5.92 Å². The van der Waals surface area contributed by atoms with Crippen molar-refractivity contribution in [1.82, 2.24) is 15.2 Å². The number of carbonyl (C=O) groups excluding carboxylic acids is 2. The first kappa shape index (κ1) is 15.7. The highest BCUT2D eigenvalue weighted by molar-refractivity contribution is 7.08. The molecule has 0 atom stereocenters. The Hall–Kier alpha value is -2.21. The van der Waals surface area contributed by atoms with Gasteiger partial charge in [0.1, 0.15) is 0 Å². The number of nitrogens with zero attached hydrogens (tertiary/aromatic N) is 2. The Morgan fingerprint density at radius 2 is 2.09 bits per heavy atom. The van der Waals surface area contributed by atoms with E-state index in [1.807, 2.05) is 21.7 Å². The minimum atomic E-state index is -0.0138. The average Bonchev–Trinajstić information content (AvgIpc) is 3.15. The number of carbonyl (C=O) groups is 2. The first-order chi connectivity index (χ1) is 11.2. The quantitative estimate of drug-likeness (QED) is 0.937. The Balaban J connectivity index is 1.45. The number of nitrogens with one attached hydrogen (secondary N) is 1. The van der Waals surface area contributed by atoms with Gasteiger partial charge in [0.15, 0.2) is 0 Å². The standard InChI is InChI=1S/C17H19N3O2S/c21-16(15-5-9-23-12-15)19-10-13-3-7-20(8-4-13)17(22)14-2-1-6-18-11-14/h1-2,5-6,9,11-13H,3-4,7-8,10H2,(H,19,21). The van der Waals surface area contributed by atoms with Crippen LogP contribution in [0.1, 0.15) is 33.6 Å². The summed E-state index contributed by atoms with van der Waals surface area (Å²) in [7, 11) is 0. The van der Waals surface area contributed by atoms with E-state index in [1.165, 1.54) is 11.3 Å². The SMILES string of the molecule is O=C(NCC1CCN(C(=O)c2cccnc2)CC1)c1ccsc1. The molecule has 0 spiro atoms. The van der Waals surface area contributed by atoms with Gasteiger partial charge in [-0.15, -0.1) is 0 Å². The molecule has 0 bridgehead atoms. The minimum Gasteiger partial charge on any atom is -0.352 e. The lowest BCUT2D eigenvalue weighted by Crippen LogP contribution is -2.41. The van der Waals surface area contributed by atoms with Crippen LogP contribution in [-0.4, -0.2) is 41.3 Å². The summed E-state index contributed by atoms with van der Waals surface area (Å²) < 4.78 is 0. The summed E-state index contributed by atoms with van der Waals surface area (Å²) >= 11 is 1.52. The molecule has 1 N–H and O–H groups in total. The third kappa shape index (κ3) is 3.96. The molecule has 2 amide bonds. The van der Waals surface area contributed by atoms with Gasteiger partial charge in [-0.25, -0.2) is 0 Å². The van der Waals surface area contributed by atoms with E-state index in [2.05, 4.69) is 10.3 Å². The Kier molecular flexibility index (Phi) is 5.02. The summed E-state index contributed by atoms with van der Waals surface area (Å²) in [6.07, 6.45) is 5.10. The van der Waals surface area contributed by atoms with Crippen LogP contribution < -0.4 is 5.32 Å². The third-order valence-electron chi connectivity index (χ3n) is 4.14. The number of amides is 2. The number of hydrogen-bond acceptors (Lipinski definition) is 4. The topological polar surface area (TPSA) is 62.3 Å². The average molecular weight is 329 g/mol. The molecule has 0 radical (unpaired) electrons. The smallest absolute Gasteiger partial charge is 0.255 e. The van der Waals surface area contributed by atoms with Crippen molar-refractivity contribution in [1.29, 1.82) is 0 Å². The number of thiophene rings is 1. The molecule has 1 aliphatic rings. The summed E-state index contributed by atoms with van der Waals surface area (Å²) in [5.41, 5.74) is 1.36. The van der Waals surface area contributed by atoms with E-state index >= 15 is 0 Å². The second kappa shape index (κ2) is 7.37. The van der Waals surface area contributed by atoms with Crippen molar-refractivity contribution in [3.8, 4) is 0 Å². The summed E-state index contributed by atoms with van der Waals surface area (Å²) in [5, 5.41) is 6.74. The van der Waals surface area contributed by atoms with Gasteiger partial charge in [0.05, 0.1) is 5.56 Å². The van der Waals surface area contributed by atoms with Crippen LogP contribution in [0.25, 0.3) is 0 Å². The van der Waals surface area contributed by atoms with Gasteiger partial charge in [-0.1, -0.05) is 0 Å². The Labute approximate surface area is 139 Å². The van der Waals surface area contributed by atoms with Crippen molar-refractivity contribution in [3.05, 3.63) is 52.5 Å². The Bertz CT molecular complexity index is 650. The van der Waals surface area contributed by atoms with Gasteiger partial charge < -0.3 is 10.2 Å². The zero-order chi connectivity index (χ0) is 16.1. The molecule has 120 valence electrons. The Morgan fingerprint density at radius 3 is 2.74 bits per heavy atom. The molecular weight excluding hydrogens is 310 g/mol. The number of hydrogen-bond donors (Lipinski definition) is 1. The van der Waals surface area contributed by atoms with E-state index in [1.54, 1.807) is 24.5 Å². The molecule has 3 heterocycles. The van der Waals surface area contributed by atoms with Crippen LogP contribution >= 0.6 is 11.3 Å². The van der Waals surface area contributed by atoms with Crippen LogP contribution in [-0.2, 0) is 0 Å². The summed E-state index contributed by atoms with van der Waals surface area (Å²) in [6.45, 7) is 2.13. The van der Waals surface area contributed by atoms with Crippen LogP contribution in [0.5, 0.6) is 0 Å². The monoisotopic (exact) mass is 329 g/mol. The molecule has 1 fully saturated rings. The van der Waals surface area contributed by atoms with E-state index in [4.69, 9.17) is 0 Å². The van der Waals surface area contributed by atoms with E-state index in [0.717, 1.165) is 31.5 Å². The Morgan fingerprint density at radius 1 is 1.26 bits per heavy atom. The number of piperidine rings is 1. The van der Waals surface area contributed by atoms with Crippen LogP contribution in [0.3, 0.4) is 0 Å². The van der Waals surface area contributed by atoms with Crippen molar-refractivity contribution in [2.24, 2.45) is 5.92 Å². The number of pyridine rings is 1. The first-order valence-corrected chi connectivity index (χ1v) is 8.68. The maximum Gasteiger partial charge on any atom is 0.255 e. The molecule has 0 unspecified atom stereocenters. The van der Waals surface area contributed by atoms with Gasteiger partial charge in [0.2, 0.25) is 0 Å². The lowest BCUT2D eigenvalue weighted by atomic mass is 9.96. The second-order valence-corrected chi connectivity index (χ2v) is 6.48. The van der Waals surface area contributed by atoms with Crippen LogP contribution in [0.2, 0.25) is 0 Å². The fourth-order valence-corrected chi connectivity index (χ4v) is 3.38. The second-order valence-electron chi connectivity index (χ2n) is 5.70. The molecule has 1 saturated heterocycles. The van der Waals surface area contributed by atoms with E-state index in [0.29, 0.717) is 18.0 Å². The molecule has 2 aromatic heterocycles. The van der Waals surface area contributed by atoms with Gasteiger partial charge in [-0.05, 0) is 42.3 Å². The minimum absolute atomic E-state index is 0.0138. The summed E-state index contributed by atoms with van der Waals surface area (Å²) in [4.78, 5) is 30.1. The van der Waals surface area contributed by atoms with Gasteiger partial charge in [0, 0.05) is 43.0 Å². The molecule has 0 saturated carbocycles. The number of likely N-dealkylation sites (tertiary alicyclic amines) is 1. The first-order valence-electron chi connectivity index (χ1n) is 7.74. The zero-order valence-electron chi connectivity index (χ0n) is 12.8. The molecule has 2 aromatic rings. The van der Waals surface area contributed by atoms with Crippen molar-refractivity contribution in [2.45, 2.75) is 12.8 Å². The van der Waals surface area contributed by atoms with Crippen LogP contribution in [0.15, 0.2) is 41.4 Å². The van der Waals surface area contributed by atoms with Crippen molar-refractivity contribution >= 4 is 23.2 Å². The maximum absolute atomic E-state index is 12.3. The highest BCUT2D eigenvalue weighted by Gasteiger charge is 2.24. The molecular formula is C17H19N3O2S.